The zero-order chi connectivity index (χ0) is 20.4. The van der Waals surface area contributed by atoms with Crippen LogP contribution in [0, 0.1) is 11.8 Å². The molecule has 0 spiro atoms. The third kappa shape index (κ3) is 2.65. The molecule has 1 unspecified atom stereocenters. The Balaban J connectivity index is 1.41. The molecule has 2 bridgehead atoms. The van der Waals surface area contributed by atoms with Gasteiger partial charge in [-0.25, -0.2) is 0 Å². The standard InChI is InChI=1S/C25H30N2O2/c1-16-22-12-17-8-9-20(28)13-21(17)24(16,2)10-11-27(22)15-19-14-25(19,23(26)29)18-6-4-3-5-7-18/h3-9,13,16,19,22,28H,10-12,14-15H2,1-2H3,(H2,26,29)/t16-,19-,22?,24+,25+/m0/s1. The Morgan fingerprint density at radius 2 is 2.00 bits per heavy atom. The second kappa shape index (κ2) is 6.33. The minimum atomic E-state index is -0.496. The summed E-state index contributed by atoms with van der Waals surface area (Å²) < 4.78 is 0. The van der Waals surface area contributed by atoms with Crippen molar-refractivity contribution in [1.82, 2.24) is 4.90 Å². The van der Waals surface area contributed by atoms with E-state index in [1.165, 1.54) is 11.1 Å². The quantitative estimate of drug-likeness (QED) is 0.841. The molecule has 3 N–H and O–H groups in total. The molecule has 2 aromatic rings. The maximum Gasteiger partial charge on any atom is 0.228 e. The van der Waals surface area contributed by atoms with E-state index in [1.807, 2.05) is 42.5 Å². The van der Waals surface area contributed by atoms with Crippen LogP contribution < -0.4 is 5.73 Å². The third-order valence-electron chi connectivity index (χ3n) is 8.40. The molecule has 2 fully saturated rings. The molecule has 5 rings (SSSR count). The first-order chi connectivity index (χ1) is 13.9. The zero-order valence-corrected chi connectivity index (χ0v) is 17.3. The molecular formula is C25H30N2O2. The summed E-state index contributed by atoms with van der Waals surface area (Å²) >= 11 is 0. The number of phenolic OH excluding ortho intramolecular Hbond substituents is 1. The van der Waals surface area contributed by atoms with Crippen molar-refractivity contribution in [3.05, 3.63) is 65.2 Å². The minimum absolute atomic E-state index is 0.0945. The number of amides is 1. The summed E-state index contributed by atoms with van der Waals surface area (Å²) in [7, 11) is 0. The van der Waals surface area contributed by atoms with Crippen LogP contribution in [0.1, 0.15) is 43.4 Å². The van der Waals surface area contributed by atoms with Crippen molar-refractivity contribution in [2.45, 2.75) is 50.0 Å². The van der Waals surface area contributed by atoms with E-state index in [-0.39, 0.29) is 11.3 Å². The third-order valence-corrected chi connectivity index (χ3v) is 8.40. The highest BCUT2D eigenvalue weighted by atomic mass is 16.3. The Kier molecular flexibility index (Phi) is 4.08. The maximum absolute atomic E-state index is 12.4. The lowest BCUT2D eigenvalue weighted by Gasteiger charge is -2.55. The van der Waals surface area contributed by atoms with Gasteiger partial charge >= 0.3 is 0 Å². The van der Waals surface area contributed by atoms with E-state index >= 15 is 0 Å². The van der Waals surface area contributed by atoms with Crippen LogP contribution in [0.5, 0.6) is 5.75 Å². The van der Waals surface area contributed by atoms with E-state index in [1.54, 1.807) is 0 Å². The molecule has 5 atom stereocenters. The van der Waals surface area contributed by atoms with Crippen LogP contribution in [0.3, 0.4) is 0 Å². The van der Waals surface area contributed by atoms with Gasteiger partial charge in [0.2, 0.25) is 5.91 Å². The number of carbonyl (C=O) groups is 1. The molecule has 1 heterocycles. The van der Waals surface area contributed by atoms with Crippen LogP contribution in [0.2, 0.25) is 0 Å². The number of carbonyl (C=O) groups excluding carboxylic acids is 1. The predicted octanol–water partition coefficient (Wildman–Crippen LogP) is 3.36. The van der Waals surface area contributed by atoms with Crippen LogP contribution >= 0.6 is 0 Å². The number of nitrogens with two attached hydrogens (primary N) is 1. The van der Waals surface area contributed by atoms with E-state index in [9.17, 15) is 9.90 Å². The van der Waals surface area contributed by atoms with Gasteiger partial charge in [-0.1, -0.05) is 50.2 Å². The second-order valence-electron chi connectivity index (χ2n) is 9.67. The molecule has 4 heteroatoms. The van der Waals surface area contributed by atoms with Crippen LogP contribution in [0.4, 0.5) is 0 Å². The van der Waals surface area contributed by atoms with E-state index in [0.29, 0.717) is 23.6 Å². The second-order valence-corrected chi connectivity index (χ2v) is 9.67. The van der Waals surface area contributed by atoms with Crippen molar-refractivity contribution in [2.75, 3.05) is 13.1 Å². The fourth-order valence-electron chi connectivity index (χ4n) is 6.29. The van der Waals surface area contributed by atoms with Gasteiger partial charge in [0, 0.05) is 12.6 Å². The summed E-state index contributed by atoms with van der Waals surface area (Å²) in [5, 5.41) is 10.0. The molecule has 152 valence electrons. The number of nitrogens with zero attached hydrogens (tertiary/aromatic N) is 1. The molecule has 0 radical (unpaired) electrons. The summed E-state index contributed by atoms with van der Waals surface area (Å²) in [6, 6.07) is 16.4. The molecule has 1 saturated carbocycles. The van der Waals surface area contributed by atoms with Gasteiger partial charge in [0.05, 0.1) is 5.41 Å². The van der Waals surface area contributed by atoms with Crippen molar-refractivity contribution in [2.24, 2.45) is 17.6 Å². The minimum Gasteiger partial charge on any atom is -0.508 e. The van der Waals surface area contributed by atoms with Crippen LogP contribution in [-0.4, -0.2) is 35.0 Å². The summed E-state index contributed by atoms with van der Waals surface area (Å²) in [5.41, 5.74) is 9.25. The number of aromatic hydroxyl groups is 1. The normalized spacial score (nSPS) is 35.7. The first-order valence-corrected chi connectivity index (χ1v) is 10.8. The molecule has 2 aliphatic carbocycles. The van der Waals surface area contributed by atoms with Crippen molar-refractivity contribution in [1.29, 1.82) is 0 Å². The topological polar surface area (TPSA) is 66.6 Å². The number of phenols is 1. The van der Waals surface area contributed by atoms with Gasteiger partial charge < -0.3 is 10.8 Å². The van der Waals surface area contributed by atoms with Gasteiger partial charge in [0.1, 0.15) is 5.75 Å². The van der Waals surface area contributed by atoms with Gasteiger partial charge in [-0.3, -0.25) is 9.69 Å². The first-order valence-electron chi connectivity index (χ1n) is 10.8. The van der Waals surface area contributed by atoms with Crippen molar-refractivity contribution in [3.8, 4) is 5.75 Å². The largest absolute Gasteiger partial charge is 0.508 e. The number of hydrogen-bond acceptors (Lipinski definition) is 3. The lowest BCUT2D eigenvalue weighted by atomic mass is 9.59. The number of fused-ring (bicyclic) bond motifs is 4. The lowest BCUT2D eigenvalue weighted by molar-refractivity contribution is -0.121. The van der Waals surface area contributed by atoms with Crippen molar-refractivity contribution >= 4 is 5.91 Å². The van der Waals surface area contributed by atoms with E-state index in [4.69, 9.17) is 5.73 Å². The van der Waals surface area contributed by atoms with Gasteiger partial charge in [0.25, 0.3) is 0 Å². The average Bonchev–Trinajstić information content (AvgIpc) is 3.44. The van der Waals surface area contributed by atoms with Gasteiger partial charge in [0.15, 0.2) is 0 Å². The van der Waals surface area contributed by atoms with E-state index < -0.39 is 5.41 Å². The molecule has 2 aromatic carbocycles. The van der Waals surface area contributed by atoms with Crippen molar-refractivity contribution in [3.63, 3.8) is 0 Å². The molecule has 1 aliphatic heterocycles. The first kappa shape index (κ1) is 18.7. The Morgan fingerprint density at radius 1 is 1.24 bits per heavy atom. The highest BCUT2D eigenvalue weighted by Crippen LogP contribution is 2.56. The monoisotopic (exact) mass is 390 g/mol. The average molecular weight is 391 g/mol. The molecule has 4 nitrogen and oxygen atoms in total. The number of piperidine rings is 1. The molecular weight excluding hydrogens is 360 g/mol. The van der Waals surface area contributed by atoms with Crippen LogP contribution in [0.15, 0.2) is 48.5 Å². The molecule has 29 heavy (non-hydrogen) atoms. The van der Waals surface area contributed by atoms with Gasteiger partial charge in [-0.2, -0.15) is 0 Å². The SMILES string of the molecule is C[C@H]1C2Cc3ccc(O)cc3[C@]1(C)CCN2C[C@@H]1C[C@@]1(C(N)=O)c1ccccc1. The molecule has 1 amide bonds. The lowest BCUT2D eigenvalue weighted by Crippen LogP contribution is -2.58. The molecule has 3 aliphatic rings. The molecule has 1 saturated heterocycles. The summed E-state index contributed by atoms with van der Waals surface area (Å²) in [4.78, 5) is 15.1. The number of hydrogen-bond donors (Lipinski definition) is 2. The smallest absolute Gasteiger partial charge is 0.228 e. The van der Waals surface area contributed by atoms with Gasteiger partial charge in [-0.15, -0.1) is 0 Å². The molecule has 0 aromatic heterocycles. The highest BCUT2D eigenvalue weighted by Gasteiger charge is 2.61. The fourth-order valence-corrected chi connectivity index (χ4v) is 6.29. The van der Waals surface area contributed by atoms with Gasteiger partial charge in [-0.05, 0) is 71.9 Å². The Morgan fingerprint density at radius 3 is 2.72 bits per heavy atom. The fraction of sp³-hybridized carbons (Fsp3) is 0.480. The van der Waals surface area contributed by atoms with E-state index in [2.05, 4.69) is 24.8 Å². The van der Waals surface area contributed by atoms with E-state index in [0.717, 1.165) is 37.9 Å². The number of rotatable bonds is 4. The van der Waals surface area contributed by atoms with Crippen LogP contribution in [0.25, 0.3) is 0 Å². The number of benzene rings is 2. The summed E-state index contributed by atoms with van der Waals surface area (Å²) in [6.45, 7) is 6.67. The Bertz CT molecular complexity index is 959. The number of primary amides is 1. The highest BCUT2D eigenvalue weighted by molar-refractivity contribution is 5.90. The summed E-state index contributed by atoms with van der Waals surface area (Å²) in [5.74, 6) is 0.974. The predicted molar refractivity (Wildman–Crippen MR) is 114 cm³/mol. The number of likely N-dealkylation sites (tertiary alicyclic amines) is 1. The Hall–Kier alpha value is -2.33. The Labute approximate surface area is 172 Å². The van der Waals surface area contributed by atoms with Crippen LogP contribution in [-0.2, 0) is 22.0 Å². The van der Waals surface area contributed by atoms with Crippen molar-refractivity contribution < 1.29 is 9.90 Å². The maximum atomic E-state index is 12.4. The summed E-state index contributed by atoms with van der Waals surface area (Å²) in [6.07, 6.45) is 2.93. The zero-order valence-electron chi connectivity index (χ0n) is 17.3.